The monoisotopic (exact) mass is 343 g/mol. The van der Waals surface area contributed by atoms with Gasteiger partial charge in [0.1, 0.15) is 11.1 Å². The molecule has 3 rings (SSSR count). The molecule has 0 aliphatic rings. The highest BCUT2D eigenvalue weighted by Crippen LogP contribution is 2.22. The molecule has 0 unspecified atom stereocenters. The van der Waals surface area contributed by atoms with Crippen molar-refractivity contribution in [1.29, 1.82) is 0 Å². The van der Waals surface area contributed by atoms with Gasteiger partial charge >= 0.3 is 0 Å². The summed E-state index contributed by atoms with van der Waals surface area (Å²) in [5, 5.41) is 2.94. The van der Waals surface area contributed by atoms with Crippen LogP contribution in [0.1, 0.15) is 41.0 Å². The molecule has 3 aromatic rings. The Bertz CT molecular complexity index is 807. The van der Waals surface area contributed by atoms with Crippen molar-refractivity contribution in [3.63, 3.8) is 0 Å². The summed E-state index contributed by atoms with van der Waals surface area (Å²) in [5.41, 5.74) is 2.58. The summed E-state index contributed by atoms with van der Waals surface area (Å²) in [4.78, 5) is 18.9. The molecule has 3 heterocycles. The van der Waals surface area contributed by atoms with E-state index < -0.39 is 0 Å². The lowest BCUT2D eigenvalue weighted by Gasteiger charge is -2.15. The van der Waals surface area contributed by atoms with E-state index in [1.54, 1.807) is 23.3 Å². The quantitative estimate of drug-likeness (QED) is 0.684. The van der Waals surface area contributed by atoms with E-state index in [0.29, 0.717) is 18.7 Å². The molecule has 1 amide bonds. The molecule has 0 aliphatic carbocycles. The first-order valence-electron chi connectivity index (χ1n) is 7.96. The summed E-state index contributed by atoms with van der Waals surface area (Å²) in [6, 6.07) is 7.80. The molecule has 126 valence electrons. The minimum atomic E-state index is -0.00823. The molecule has 3 aromatic heterocycles. The van der Waals surface area contributed by atoms with Crippen molar-refractivity contribution >= 4 is 22.8 Å². The zero-order valence-electron chi connectivity index (χ0n) is 14.1. The van der Waals surface area contributed by atoms with Gasteiger partial charge in [-0.3, -0.25) is 4.79 Å². The smallest absolute Gasteiger partial charge is 0.255 e. The van der Waals surface area contributed by atoms with Crippen LogP contribution in [0.2, 0.25) is 0 Å². The molecule has 0 N–H and O–H groups in total. The predicted molar refractivity (Wildman–Crippen MR) is 95.3 cm³/mol. The second kappa shape index (κ2) is 7.15. The lowest BCUT2D eigenvalue weighted by atomic mass is 10.2. The van der Waals surface area contributed by atoms with Crippen molar-refractivity contribution in [2.24, 2.45) is 0 Å². The highest BCUT2D eigenvalue weighted by molar-refractivity contribution is 7.09. The Labute approximate surface area is 145 Å². The maximum Gasteiger partial charge on any atom is 0.255 e. The van der Waals surface area contributed by atoms with Crippen molar-refractivity contribution in [3.05, 3.63) is 58.3 Å². The van der Waals surface area contributed by atoms with E-state index in [1.165, 1.54) is 0 Å². The van der Waals surface area contributed by atoms with Gasteiger partial charge in [-0.1, -0.05) is 6.07 Å². The zero-order valence-corrected chi connectivity index (χ0v) is 14.9. The molecule has 0 bridgehead atoms. The summed E-state index contributed by atoms with van der Waals surface area (Å²) >= 11 is 1.57. The molecule has 6 heteroatoms. The number of nitrogens with zero attached hydrogens (tertiary/aromatic N) is 3. The minimum Gasteiger partial charge on any atom is -0.372 e. The molecule has 5 nitrogen and oxygen atoms in total. The van der Waals surface area contributed by atoms with Gasteiger partial charge in [0.2, 0.25) is 0 Å². The Morgan fingerprint density at radius 3 is 3.04 bits per heavy atom. The van der Waals surface area contributed by atoms with Crippen molar-refractivity contribution < 1.29 is 9.53 Å². The number of amides is 1. The van der Waals surface area contributed by atoms with Crippen LogP contribution in [0.3, 0.4) is 0 Å². The van der Waals surface area contributed by atoms with Crippen LogP contribution in [0.15, 0.2) is 42.0 Å². The van der Waals surface area contributed by atoms with Gasteiger partial charge in [-0.2, -0.15) is 0 Å². The van der Waals surface area contributed by atoms with Crippen LogP contribution < -0.4 is 0 Å². The summed E-state index contributed by atoms with van der Waals surface area (Å²) in [5.74, 6) is -0.00823. The first kappa shape index (κ1) is 16.7. The number of aromatic nitrogens is 2. The van der Waals surface area contributed by atoms with Gasteiger partial charge < -0.3 is 14.0 Å². The van der Waals surface area contributed by atoms with Gasteiger partial charge in [0.25, 0.3) is 5.91 Å². The fourth-order valence-corrected chi connectivity index (χ4v) is 3.42. The van der Waals surface area contributed by atoms with Gasteiger partial charge in [0, 0.05) is 36.9 Å². The zero-order chi connectivity index (χ0) is 17.1. The van der Waals surface area contributed by atoms with Gasteiger partial charge in [0.15, 0.2) is 0 Å². The van der Waals surface area contributed by atoms with Gasteiger partial charge in [-0.05, 0) is 32.0 Å². The number of ether oxygens (including phenoxy) is 1. The summed E-state index contributed by atoms with van der Waals surface area (Å²) in [6.07, 6.45) is 3.79. The fraction of sp³-hybridized carbons (Fsp3) is 0.333. The van der Waals surface area contributed by atoms with Crippen LogP contribution in [-0.2, 0) is 11.3 Å². The Morgan fingerprint density at radius 1 is 1.46 bits per heavy atom. The fourth-order valence-electron chi connectivity index (χ4n) is 2.61. The molecule has 0 saturated heterocycles. The first-order chi connectivity index (χ1) is 11.6. The number of pyridine rings is 1. The third-order valence-corrected chi connectivity index (χ3v) is 4.89. The third-order valence-electron chi connectivity index (χ3n) is 3.83. The van der Waals surface area contributed by atoms with Crippen LogP contribution in [-0.4, -0.2) is 33.8 Å². The van der Waals surface area contributed by atoms with Crippen molar-refractivity contribution in [2.45, 2.75) is 26.5 Å². The van der Waals surface area contributed by atoms with Crippen LogP contribution in [0, 0.1) is 0 Å². The van der Waals surface area contributed by atoms with E-state index in [4.69, 9.17) is 4.74 Å². The average Bonchev–Trinajstić information content (AvgIpc) is 3.20. The highest BCUT2D eigenvalue weighted by Gasteiger charge is 2.16. The van der Waals surface area contributed by atoms with E-state index in [9.17, 15) is 4.79 Å². The molecule has 0 radical (unpaired) electrons. The number of hydrogen-bond acceptors (Lipinski definition) is 4. The molecule has 0 aliphatic heterocycles. The molecule has 0 spiro atoms. The number of thiazole rings is 1. The van der Waals surface area contributed by atoms with E-state index >= 15 is 0 Å². The van der Waals surface area contributed by atoms with Crippen LogP contribution in [0.25, 0.3) is 5.52 Å². The molecule has 24 heavy (non-hydrogen) atoms. The van der Waals surface area contributed by atoms with Crippen LogP contribution >= 0.6 is 11.3 Å². The van der Waals surface area contributed by atoms with E-state index in [2.05, 4.69) is 4.98 Å². The van der Waals surface area contributed by atoms with Crippen molar-refractivity contribution in [3.8, 4) is 0 Å². The van der Waals surface area contributed by atoms with E-state index in [-0.39, 0.29) is 12.0 Å². The molecule has 0 fully saturated rings. The molecular formula is C18H21N3O2S. The highest BCUT2D eigenvalue weighted by atomic mass is 32.1. The first-order valence-corrected chi connectivity index (χ1v) is 8.84. The van der Waals surface area contributed by atoms with Gasteiger partial charge in [-0.25, -0.2) is 4.98 Å². The number of carbonyl (C=O) groups is 1. The van der Waals surface area contributed by atoms with Gasteiger partial charge in [-0.15, -0.1) is 11.3 Å². The second-order valence-electron chi connectivity index (χ2n) is 5.70. The lowest BCUT2D eigenvalue weighted by molar-refractivity contribution is 0.0756. The molecule has 1 atom stereocenters. The Morgan fingerprint density at radius 2 is 2.29 bits per heavy atom. The number of rotatable bonds is 6. The largest absolute Gasteiger partial charge is 0.372 e. The number of hydrogen-bond donors (Lipinski definition) is 0. The standard InChI is InChI=1S/C18H21N3O2S/c1-4-23-13(2)17-19-15(12-24-17)11-20(3)18(22)14-9-16-7-5-6-8-21(16)10-14/h5-10,12-13H,4,11H2,1-3H3/t13-/m1/s1. The summed E-state index contributed by atoms with van der Waals surface area (Å²) in [7, 11) is 1.80. The van der Waals surface area contributed by atoms with Crippen molar-refractivity contribution in [2.75, 3.05) is 13.7 Å². The van der Waals surface area contributed by atoms with Crippen LogP contribution in [0.5, 0.6) is 0 Å². The van der Waals surface area contributed by atoms with Gasteiger partial charge in [0.05, 0.1) is 17.8 Å². The minimum absolute atomic E-state index is 0.00784. The summed E-state index contributed by atoms with van der Waals surface area (Å²) < 4.78 is 7.51. The number of carbonyl (C=O) groups excluding carboxylic acids is 1. The maximum absolute atomic E-state index is 12.6. The summed E-state index contributed by atoms with van der Waals surface area (Å²) in [6.45, 7) is 5.12. The molecular weight excluding hydrogens is 322 g/mol. The molecule has 0 saturated carbocycles. The van der Waals surface area contributed by atoms with Crippen molar-refractivity contribution in [1.82, 2.24) is 14.3 Å². The van der Waals surface area contributed by atoms with E-state index in [0.717, 1.165) is 16.2 Å². The maximum atomic E-state index is 12.6. The normalized spacial score (nSPS) is 12.5. The Balaban J connectivity index is 1.70. The predicted octanol–water partition coefficient (Wildman–Crippen LogP) is 3.77. The average molecular weight is 343 g/mol. The Hall–Kier alpha value is -2.18. The second-order valence-corrected chi connectivity index (χ2v) is 6.59. The molecule has 0 aromatic carbocycles. The SMILES string of the molecule is CCO[C@H](C)c1nc(CN(C)C(=O)c2cc3ccccn3c2)cs1. The Kier molecular flexibility index (Phi) is 4.97. The number of fused-ring (bicyclic) bond motifs is 1. The van der Waals surface area contributed by atoms with Crippen LogP contribution in [0.4, 0.5) is 0 Å². The van der Waals surface area contributed by atoms with E-state index in [1.807, 2.05) is 60.3 Å². The third kappa shape index (κ3) is 3.49. The lowest BCUT2D eigenvalue weighted by Crippen LogP contribution is -2.26. The topological polar surface area (TPSA) is 46.8 Å².